The highest BCUT2D eigenvalue weighted by molar-refractivity contribution is 6.18. The van der Waals surface area contributed by atoms with Gasteiger partial charge in [-0.15, -0.1) is 11.6 Å². The molecule has 0 N–H and O–H groups in total. The first kappa shape index (κ1) is 13.2. The second-order valence-corrected chi connectivity index (χ2v) is 5.12. The summed E-state index contributed by atoms with van der Waals surface area (Å²) in [6.07, 6.45) is 2.00. The van der Waals surface area contributed by atoms with Gasteiger partial charge in [-0.3, -0.25) is 4.68 Å². The minimum absolute atomic E-state index is 0.462. The number of aryl methyl sites for hydroxylation is 2. The van der Waals surface area contributed by atoms with Gasteiger partial charge in [-0.25, -0.2) is 0 Å². The van der Waals surface area contributed by atoms with Crippen LogP contribution in [0.25, 0.3) is 0 Å². The Morgan fingerprint density at radius 3 is 2.50 bits per heavy atom. The van der Waals surface area contributed by atoms with Crippen LogP contribution in [0.1, 0.15) is 17.0 Å². The quantitative estimate of drug-likeness (QED) is 0.756. The third kappa shape index (κ3) is 3.36. The summed E-state index contributed by atoms with van der Waals surface area (Å²) < 4.78 is 1.96. The first-order valence-electron chi connectivity index (χ1n) is 6.28. The van der Waals surface area contributed by atoms with E-state index in [-0.39, 0.29) is 0 Å². The zero-order valence-electron chi connectivity index (χ0n) is 10.9. The predicted molar refractivity (Wildman–Crippen MR) is 76.0 cm³/mol. The van der Waals surface area contributed by atoms with Crippen molar-refractivity contribution in [1.29, 1.82) is 0 Å². The van der Waals surface area contributed by atoms with Crippen molar-refractivity contribution < 1.29 is 0 Å². The number of alkyl halides is 1. The van der Waals surface area contributed by atoms with E-state index in [2.05, 4.69) is 35.4 Å². The van der Waals surface area contributed by atoms with Crippen LogP contribution in [-0.4, -0.2) is 15.7 Å². The summed E-state index contributed by atoms with van der Waals surface area (Å²) in [5.74, 6) is 1.14. The van der Waals surface area contributed by atoms with Crippen LogP contribution in [0, 0.1) is 12.8 Å². The summed E-state index contributed by atoms with van der Waals surface area (Å²) in [6, 6.07) is 12.7. The average molecular weight is 263 g/mol. The Labute approximate surface area is 114 Å². The molecule has 0 aliphatic heterocycles. The van der Waals surface area contributed by atoms with Gasteiger partial charge in [0, 0.05) is 18.6 Å². The molecule has 0 saturated carbocycles. The molecule has 18 heavy (non-hydrogen) atoms. The minimum atomic E-state index is 0.462. The first-order valence-corrected chi connectivity index (χ1v) is 6.82. The van der Waals surface area contributed by atoms with Crippen LogP contribution in [0.2, 0.25) is 0 Å². The molecule has 0 saturated heterocycles. The monoisotopic (exact) mass is 262 g/mol. The Balaban J connectivity index is 2.04. The number of benzene rings is 1. The van der Waals surface area contributed by atoms with Gasteiger partial charge in [0.1, 0.15) is 0 Å². The van der Waals surface area contributed by atoms with Crippen molar-refractivity contribution in [3.63, 3.8) is 0 Å². The Morgan fingerprint density at radius 1 is 1.22 bits per heavy atom. The highest BCUT2D eigenvalue weighted by Gasteiger charge is 2.12. The van der Waals surface area contributed by atoms with Crippen LogP contribution in [-0.2, 0) is 19.9 Å². The Kier molecular flexibility index (Phi) is 4.43. The summed E-state index contributed by atoms with van der Waals surface area (Å²) in [5, 5.41) is 4.38. The molecule has 0 fully saturated rings. The Morgan fingerprint density at radius 2 is 1.94 bits per heavy atom. The second-order valence-electron chi connectivity index (χ2n) is 4.81. The maximum Gasteiger partial charge on any atom is 0.0596 e. The average Bonchev–Trinajstić information content (AvgIpc) is 2.68. The van der Waals surface area contributed by atoms with E-state index in [1.165, 1.54) is 11.3 Å². The van der Waals surface area contributed by atoms with Crippen molar-refractivity contribution in [1.82, 2.24) is 9.78 Å². The Bertz CT molecular complexity index is 490. The molecule has 1 aromatic carbocycles. The van der Waals surface area contributed by atoms with Crippen LogP contribution in [0.3, 0.4) is 0 Å². The normalized spacial score (nSPS) is 12.6. The van der Waals surface area contributed by atoms with Crippen molar-refractivity contribution in [2.24, 2.45) is 13.0 Å². The molecule has 1 atom stereocenters. The molecular formula is C15H19ClN2. The van der Waals surface area contributed by atoms with E-state index in [0.717, 1.165) is 18.5 Å². The molecule has 2 rings (SSSR count). The van der Waals surface area contributed by atoms with E-state index < -0.39 is 0 Å². The number of rotatable bonds is 5. The first-order chi connectivity index (χ1) is 8.69. The lowest BCUT2D eigenvalue weighted by Gasteiger charge is -2.14. The molecule has 1 unspecified atom stereocenters. The van der Waals surface area contributed by atoms with Crippen molar-refractivity contribution >= 4 is 11.6 Å². The molecule has 1 aromatic heterocycles. The molecule has 0 aliphatic rings. The molecule has 2 nitrogen and oxygen atoms in total. The van der Waals surface area contributed by atoms with Gasteiger partial charge in [0.15, 0.2) is 0 Å². The van der Waals surface area contributed by atoms with Gasteiger partial charge >= 0.3 is 0 Å². The molecule has 96 valence electrons. The predicted octanol–water partition coefficient (Wildman–Crippen LogP) is 3.37. The topological polar surface area (TPSA) is 17.8 Å². The maximum absolute atomic E-state index is 6.10. The lowest BCUT2D eigenvalue weighted by atomic mass is 9.96. The number of hydrogen-bond acceptors (Lipinski definition) is 1. The zero-order chi connectivity index (χ0) is 13.0. The van der Waals surface area contributed by atoms with Crippen LogP contribution in [0.15, 0.2) is 36.4 Å². The fraction of sp³-hybridized carbons (Fsp3) is 0.400. The molecule has 0 bridgehead atoms. The smallest absolute Gasteiger partial charge is 0.0596 e. The summed E-state index contributed by atoms with van der Waals surface area (Å²) in [6.45, 7) is 2.02. The van der Waals surface area contributed by atoms with E-state index in [1.54, 1.807) is 0 Å². The number of hydrogen-bond donors (Lipinski definition) is 0. The highest BCUT2D eigenvalue weighted by Crippen LogP contribution is 2.16. The molecule has 2 aromatic rings. The lowest BCUT2D eigenvalue weighted by molar-refractivity contribution is 0.551. The SMILES string of the molecule is Cc1cc(CC(CCl)Cc2ccccc2)n(C)n1. The molecule has 0 spiro atoms. The van der Waals surface area contributed by atoms with E-state index >= 15 is 0 Å². The van der Waals surface area contributed by atoms with Gasteiger partial charge in [-0.2, -0.15) is 5.10 Å². The molecular weight excluding hydrogens is 244 g/mol. The minimum Gasteiger partial charge on any atom is -0.272 e. The van der Waals surface area contributed by atoms with E-state index in [1.807, 2.05) is 24.7 Å². The van der Waals surface area contributed by atoms with E-state index in [9.17, 15) is 0 Å². The molecule has 0 aliphatic carbocycles. The zero-order valence-corrected chi connectivity index (χ0v) is 11.7. The van der Waals surface area contributed by atoms with Crippen LogP contribution in [0.5, 0.6) is 0 Å². The third-order valence-electron chi connectivity index (χ3n) is 3.18. The van der Waals surface area contributed by atoms with Crippen LogP contribution < -0.4 is 0 Å². The lowest BCUT2D eigenvalue weighted by Crippen LogP contribution is -2.12. The highest BCUT2D eigenvalue weighted by atomic mass is 35.5. The number of nitrogens with zero attached hydrogens (tertiary/aromatic N) is 2. The maximum atomic E-state index is 6.10. The van der Waals surface area contributed by atoms with Gasteiger partial charge < -0.3 is 0 Å². The molecule has 0 amide bonds. The summed E-state index contributed by atoms with van der Waals surface area (Å²) in [7, 11) is 2.00. The van der Waals surface area contributed by atoms with E-state index in [4.69, 9.17) is 11.6 Å². The summed E-state index contributed by atoms with van der Waals surface area (Å²) >= 11 is 6.10. The van der Waals surface area contributed by atoms with Gasteiger partial charge in [-0.1, -0.05) is 30.3 Å². The molecule has 1 heterocycles. The number of aromatic nitrogens is 2. The molecule has 3 heteroatoms. The van der Waals surface area contributed by atoms with Crippen molar-refractivity contribution in [2.45, 2.75) is 19.8 Å². The van der Waals surface area contributed by atoms with Crippen molar-refractivity contribution in [3.8, 4) is 0 Å². The summed E-state index contributed by atoms with van der Waals surface area (Å²) in [4.78, 5) is 0. The van der Waals surface area contributed by atoms with Gasteiger partial charge in [-0.05, 0) is 37.3 Å². The largest absolute Gasteiger partial charge is 0.272 e. The van der Waals surface area contributed by atoms with Gasteiger partial charge in [0.05, 0.1) is 5.69 Å². The molecule has 0 radical (unpaired) electrons. The second kappa shape index (κ2) is 6.05. The van der Waals surface area contributed by atoms with E-state index in [0.29, 0.717) is 11.8 Å². The standard InChI is InChI=1S/C15H19ClN2/c1-12-8-15(18(2)17-12)10-14(11-16)9-13-6-4-3-5-7-13/h3-8,14H,9-11H2,1-2H3. The van der Waals surface area contributed by atoms with Crippen molar-refractivity contribution in [3.05, 3.63) is 53.3 Å². The number of halogens is 1. The Hall–Kier alpha value is -1.28. The van der Waals surface area contributed by atoms with Crippen LogP contribution >= 0.6 is 11.6 Å². The van der Waals surface area contributed by atoms with Gasteiger partial charge in [0.25, 0.3) is 0 Å². The third-order valence-corrected chi connectivity index (χ3v) is 3.62. The fourth-order valence-electron chi connectivity index (χ4n) is 2.28. The van der Waals surface area contributed by atoms with Crippen molar-refractivity contribution in [2.75, 3.05) is 5.88 Å². The fourth-order valence-corrected chi connectivity index (χ4v) is 2.50. The van der Waals surface area contributed by atoms with Crippen LogP contribution in [0.4, 0.5) is 0 Å². The summed E-state index contributed by atoms with van der Waals surface area (Å²) in [5.41, 5.74) is 3.68. The van der Waals surface area contributed by atoms with Gasteiger partial charge in [0.2, 0.25) is 0 Å².